The minimum atomic E-state index is 0.209. The van der Waals surface area contributed by atoms with Crippen LogP contribution >= 0.6 is 11.8 Å². The van der Waals surface area contributed by atoms with Gasteiger partial charge < -0.3 is 4.90 Å². The predicted octanol–water partition coefficient (Wildman–Crippen LogP) is 3.84. The highest BCUT2D eigenvalue weighted by Crippen LogP contribution is 2.31. The maximum atomic E-state index is 13.1. The Morgan fingerprint density at radius 3 is 2.16 bits per heavy atom. The fraction of sp³-hybridized carbons (Fsp3) is 0.889. The molecule has 140 valence electrons. The topological polar surface area (TPSA) is 63.9 Å². The molecule has 0 saturated heterocycles. The second-order valence-corrected chi connectivity index (χ2v) is 8.62. The summed E-state index contributed by atoms with van der Waals surface area (Å²) in [6, 6.07) is 1.11. The van der Waals surface area contributed by atoms with E-state index in [4.69, 9.17) is 0 Å². The van der Waals surface area contributed by atoms with Crippen LogP contribution in [0, 0.1) is 0 Å². The molecule has 6 nitrogen and oxygen atoms in total. The minimum Gasteiger partial charge on any atom is -0.336 e. The second kappa shape index (κ2) is 9.01. The summed E-state index contributed by atoms with van der Waals surface area (Å²) in [4.78, 5) is 15.4. The predicted molar refractivity (Wildman–Crippen MR) is 99.5 cm³/mol. The number of thioether (sulfide) groups is 1. The van der Waals surface area contributed by atoms with Crippen molar-refractivity contribution in [2.75, 3.05) is 5.75 Å². The smallest absolute Gasteiger partial charge is 0.233 e. The van der Waals surface area contributed by atoms with Crippen molar-refractivity contribution < 1.29 is 4.79 Å². The molecule has 2 aliphatic carbocycles. The number of hydrogen-bond acceptors (Lipinski definition) is 5. The third-order valence-electron chi connectivity index (χ3n) is 5.50. The quantitative estimate of drug-likeness (QED) is 0.717. The highest BCUT2D eigenvalue weighted by Gasteiger charge is 2.32. The lowest BCUT2D eigenvalue weighted by Crippen LogP contribution is -2.49. The second-order valence-electron chi connectivity index (χ2n) is 7.67. The van der Waals surface area contributed by atoms with Crippen LogP contribution in [0.3, 0.4) is 0 Å². The Bertz CT molecular complexity index is 531. The number of carbonyl (C=O) groups excluding carboxylic acids is 1. The van der Waals surface area contributed by atoms with E-state index in [1.807, 2.05) is 0 Å². The van der Waals surface area contributed by atoms with E-state index >= 15 is 0 Å². The lowest BCUT2D eigenvalue weighted by atomic mass is 9.88. The Balaban J connectivity index is 1.66. The summed E-state index contributed by atoms with van der Waals surface area (Å²) in [6.45, 7) is 4.11. The SMILES string of the molecule is CC(C)n1nnnc1SCC(=O)N(C1CCCCC1)C1CCCCC1. The fourth-order valence-electron chi connectivity index (χ4n) is 4.23. The molecule has 0 N–H and O–H groups in total. The van der Waals surface area contributed by atoms with Crippen molar-refractivity contribution >= 4 is 17.7 Å². The zero-order valence-electron chi connectivity index (χ0n) is 15.6. The van der Waals surface area contributed by atoms with E-state index in [9.17, 15) is 4.79 Å². The van der Waals surface area contributed by atoms with Gasteiger partial charge >= 0.3 is 0 Å². The summed E-state index contributed by atoms with van der Waals surface area (Å²) in [5.74, 6) is 0.724. The van der Waals surface area contributed by atoms with Gasteiger partial charge in [-0.2, -0.15) is 0 Å². The van der Waals surface area contributed by atoms with Crippen molar-refractivity contribution in [2.45, 2.75) is 101 Å². The average Bonchev–Trinajstić information content (AvgIpc) is 3.11. The molecule has 0 aliphatic heterocycles. The van der Waals surface area contributed by atoms with Crippen LogP contribution in [0.25, 0.3) is 0 Å². The van der Waals surface area contributed by atoms with Crippen molar-refractivity contribution in [1.29, 1.82) is 0 Å². The van der Waals surface area contributed by atoms with Crippen LogP contribution < -0.4 is 0 Å². The first-order chi connectivity index (χ1) is 12.2. The monoisotopic (exact) mass is 365 g/mol. The molecule has 25 heavy (non-hydrogen) atoms. The van der Waals surface area contributed by atoms with E-state index in [0.29, 0.717) is 17.8 Å². The van der Waals surface area contributed by atoms with E-state index in [0.717, 1.165) is 5.16 Å². The standard InChI is InChI=1S/C18H31N5OS/c1-14(2)23-18(19-20-21-23)25-13-17(24)22(15-9-5-3-6-10-15)16-11-7-4-8-12-16/h14-16H,3-13H2,1-2H3. The molecule has 1 amide bonds. The molecule has 2 aliphatic rings. The highest BCUT2D eigenvalue weighted by atomic mass is 32.2. The van der Waals surface area contributed by atoms with Gasteiger partial charge in [-0.25, -0.2) is 4.68 Å². The Kier molecular flexibility index (Phi) is 6.73. The van der Waals surface area contributed by atoms with Gasteiger partial charge in [-0.3, -0.25) is 4.79 Å². The van der Waals surface area contributed by atoms with Gasteiger partial charge in [0.25, 0.3) is 0 Å². The minimum absolute atomic E-state index is 0.209. The Labute approximate surface area is 155 Å². The number of aromatic nitrogens is 4. The fourth-order valence-corrected chi connectivity index (χ4v) is 5.10. The van der Waals surface area contributed by atoms with Crippen molar-refractivity contribution in [3.05, 3.63) is 0 Å². The van der Waals surface area contributed by atoms with E-state index in [-0.39, 0.29) is 11.9 Å². The van der Waals surface area contributed by atoms with Gasteiger partial charge in [0.15, 0.2) is 0 Å². The van der Waals surface area contributed by atoms with Crippen molar-refractivity contribution in [3.63, 3.8) is 0 Å². The number of hydrogen-bond donors (Lipinski definition) is 0. The van der Waals surface area contributed by atoms with E-state index in [1.165, 1.54) is 76.0 Å². The molecule has 0 bridgehead atoms. The maximum Gasteiger partial charge on any atom is 0.233 e. The molecule has 7 heteroatoms. The van der Waals surface area contributed by atoms with Crippen LogP contribution in [0.5, 0.6) is 0 Å². The largest absolute Gasteiger partial charge is 0.336 e. The van der Waals surface area contributed by atoms with Gasteiger partial charge in [0, 0.05) is 12.1 Å². The number of tetrazole rings is 1. The Hall–Kier alpha value is -1.11. The molecule has 2 fully saturated rings. The van der Waals surface area contributed by atoms with Crippen LogP contribution in [0.1, 0.15) is 84.1 Å². The molecule has 0 spiro atoms. The number of nitrogens with zero attached hydrogens (tertiary/aromatic N) is 5. The normalized spacial score (nSPS) is 20.1. The van der Waals surface area contributed by atoms with Crippen LogP contribution in [-0.2, 0) is 4.79 Å². The number of rotatable bonds is 6. The molecule has 0 atom stereocenters. The summed E-state index contributed by atoms with van der Waals surface area (Å²) in [5, 5.41) is 12.6. The molecular weight excluding hydrogens is 334 g/mol. The molecule has 3 rings (SSSR count). The van der Waals surface area contributed by atoms with Crippen molar-refractivity contribution in [3.8, 4) is 0 Å². The molecule has 0 aromatic carbocycles. The summed E-state index contributed by atoms with van der Waals surface area (Å²) in [5.41, 5.74) is 0. The summed E-state index contributed by atoms with van der Waals surface area (Å²) >= 11 is 1.48. The zero-order chi connectivity index (χ0) is 17.6. The third-order valence-corrected chi connectivity index (χ3v) is 6.42. The lowest BCUT2D eigenvalue weighted by molar-refractivity contribution is -0.135. The van der Waals surface area contributed by atoms with Crippen LogP contribution in [-0.4, -0.2) is 48.9 Å². The molecule has 1 aromatic rings. The summed E-state index contributed by atoms with van der Waals surface area (Å²) in [7, 11) is 0. The van der Waals surface area contributed by atoms with Crippen molar-refractivity contribution in [1.82, 2.24) is 25.1 Å². The lowest BCUT2D eigenvalue weighted by Gasteiger charge is -2.41. The molecular formula is C18H31N5OS. The molecule has 1 aromatic heterocycles. The van der Waals surface area contributed by atoms with E-state index in [1.54, 1.807) is 4.68 Å². The Morgan fingerprint density at radius 2 is 1.64 bits per heavy atom. The van der Waals surface area contributed by atoms with Crippen molar-refractivity contribution in [2.24, 2.45) is 0 Å². The average molecular weight is 366 g/mol. The van der Waals surface area contributed by atoms with Crippen LogP contribution in [0.4, 0.5) is 0 Å². The van der Waals surface area contributed by atoms with Gasteiger partial charge in [0.2, 0.25) is 11.1 Å². The molecule has 2 saturated carbocycles. The van der Waals surface area contributed by atoms with E-state index in [2.05, 4.69) is 34.3 Å². The van der Waals surface area contributed by atoms with Gasteiger partial charge in [0.05, 0.1) is 11.8 Å². The van der Waals surface area contributed by atoms with Gasteiger partial charge in [0.1, 0.15) is 0 Å². The third kappa shape index (κ3) is 4.74. The molecule has 0 unspecified atom stereocenters. The highest BCUT2D eigenvalue weighted by molar-refractivity contribution is 7.99. The first-order valence-corrected chi connectivity index (χ1v) is 10.9. The molecule has 0 radical (unpaired) electrons. The maximum absolute atomic E-state index is 13.1. The van der Waals surface area contributed by atoms with Crippen LogP contribution in [0.15, 0.2) is 5.16 Å². The summed E-state index contributed by atoms with van der Waals surface area (Å²) < 4.78 is 1.80. The first kappa shape index (κ1) is 18.7. The first-order valence-electron chi connectivity index (χ1n) is 9.88. The Morgan fingerprint density at radius 1 is 1.08 bits per heavy atom. The van der Waals surface area contributed by atoms with Gasteiger partial charge in [-0.1, -0.05) is 50.3 Å². The van der Waals surface area contributed by atoms with Gasteiger partial charge in [-0.05, 0) is 50.0 Å². The zero-order valence-corrected chi connectivity index (χ0v) is 16.4. The number of amides is 1. The number of carbonyl (C=O) groups is 1. The van der Waals surface area contributed by atoms with E-state index < -0.39 is 0 Å². The summed E-state index contributed by atoms with van der Waals surface area (Å²) in [6.07, 6.45) is 12.4. The van der Waals surface area contributed by atoms with Gasteiger partial charge in [-0.15, -0.1) is 5.10 Å². The van der Waals surface area contributed by atoms with Crippen LogP contribution in [0.2, 0.25) is 0 Å². The molecule has 1 heterocycles.